The third kappa shape index (κ3) is 1.03. The zero-order valence-electron chi connectivity index (χ0n) is 8.64. The van der Waals surface area contributed by atoms with Crippen LogP contribution in [0.2, 0.25) is 0 Å². The molecule has 4 nitrogen and oxygen atoms in total. The third-order valence-corrected chi connectivity index (χ3v) is 3.28. The van der Waals surface area contributed by atoms with E-state index in [0.717, 1.165) is 16.9 Å². The summed E-state index contributed by atoms with van der Waals surface area (Å²) in [7, 11) is 1.95. The quantitative estimate of drug-likeness (QED) is 0.704. The summed E-state index contributed by atoms with van der Waals surface area (Å²) < 4.78 is 3.76. The molecule has 2 aromatic rings. The van der Waals surface area contributed by atoms with Gasteiger partial charge in [0.2, 0.25) is 0 Å². The van der Waals surface area contributed by atoms with Crippen molar-refractivity contribution in [1.29, 1.82) is 5.26 Å². The lowest BCUT2D eigenvalue weighted by Gasteiger charge is -2.23. The summed E-state index contributed by atoms with van der Waals surface area (Å²) in [5, 5.41) is 13.7. The minimum Gasteiger partial charge on any atom is -0.333 e. The van der Waals surface area contributed by atoms with Crippen LogP contribution in [-0.4, -0.2) is 14.2 Å². The number of nitriles is 1. The van der Waals surface area contributed by atoms with Gasteiger partial charge in [-0.05, 0) is 12.8 Å². The lowest BCUT2D eigenvalue weighted by atomic mass is 9.82. The van der Waals surface area contributed by atoms with E-state index >= 15 is 0 Å². The predicted molar refractivity (Wildman–Crippen MR) is 55.5 cm³/mol. The number of imidazole rings is 1. The molecule has 0 amide bonds. The minimum absolute atomic E-state index is 0.513. The highest BCUT2D eigenvalue weighted by Crippen LogP contribution is 2.37. The maximum absolute atomic E-state index is 9.20. The monoisotopic (exact) mass is 200 g/mol. The maximum atomic E-state index is 9.20. The summed E-state index contributed by atoms with van der Waals surface area (Å²) in [6, 6.07) is 2.29. The van der Waals surface area contributed by atoms with E-state index in [2.05, 4.69) is 11.2 Å². The van der Waals surface area contributed by atoms with E-state index in [1.807, 2.05) is 28.5 Å². The number of hydrogen-bond acceptors (Lipinski definition) is 2. The zero-order chi connectivity index (χ0) is 10.4. The fourth-order valence-electron chi connectivity index (χ4n) is 2.19. The van der Waals surface area contributed by atoms with E-state index in [1.54, 1.807) is 0 Å². The Balaban J connectivity index is 2.26. The topological polar surface area (TPSA) is 46.0 Å². The minimum atomic E-state index is 0.513. The molecule has 0 spiro atoms. The molecule has 15 heavy (non-hydrogen) atoms. The molecule has 1 aliphatic rings. The van der Waals surface area contributed by atoms with Gasteiger partial charge < -0.3 is 4.57 Å². The van der Waals surface area contributed by atoms with Crippen molar-refractivity contribution in [2.75, 3.05) is 0 Å². The van der Waals surface area contributed by atoms with Crippen molar-refractivity contribution in [3.05, 3.63) is 23.7 Å². The first-order valence-electron chi connectivity index (χ1n) is 5.25. The average Bonchev–Trinajstić information content (AvgIpc) is 2.64. The highest BCUT2D eigenvalue weighted by Gasteiger charge is 2.27. The molecule has 2 aromatic heterocycles. The molecule has 0 aliphatic heterocycles. The summed E-state index contributed by atoms with van der Waals surface area (Å²) >= 11 is 0. The van der Waals surface area contributed by atoms with E-state index in [0.29, 0.717) is 5.92 Å². The number of rotatable bonds is 1. The van der Waals surface area contributed by atoms with Crippen LogP contribution in [0.4, 0.5) is 0 Å². The molecule has 0 unspecified atom stereocenters. The molecule has 0 bridgehead atoms. The van der Waals surface area contributed by atoms with Crippen molar-refractivity contribution >= 4 is 5.65 Å². The van der Waals surface area contributed by atoms with Crippen molar-refractivity contribution in [3.63, 3.8) is 0 Å². The van der Waals surface area contributed by atoms with Gasteiger partial charge in [-0.1, -0.05) is 6.42 Å². The van der Waals surface area contributed by atoms with Crippen molar-refractivity contribution in [2.45, 2.75) is 25.2 Å². The van der Waals surface area contributed by atoms with Crippen LogP contribution in [0.5, 0.6) is 0 Å². The fraction of sp³-hybridized carbons (Fsp3) is 0.455. The van der Waals surface area contributed by atoms with Crippen LogP contribution in [-0.2, 0) is 7.05 Å². The number of hydrogen-bond donors (Lipinski definition) is 0. The lowest BCUT2D eigenvalue weighted by molar-refractivity contribution is 0.409. The van der Waals surface area contributed by atoms with Gasteiger partial charge in [0.25, 0.3) is 0 Å². The molecule has 0 radical (unpaired) electrons. The highest BCUT2D eigenvalue weighted by atomic mass is 15.3. The summed E-state index contributed by atoms with van der Waals surface area (Å²) in [6.45, 7) is 0. The second-order valence-corrected chi connectivity index (χ2v) is 4.18. The van der Waals surface area contributed by atoms with Gasteiger partial charge in [-0.3, -0.25) is 0 Å². The van der Waals surface area contributed by atoms with Crippen LogP contribution in [0, 0.1) is 11.3 Å². The van der Waals surface area contributed by atoms with E-state index in [4.69, 9.17) is 0 Å². The Hall–Kier alpha value is -1.76. The molecule has 1 saturated carbocycles. The molecule has 2 heterocycles. The Morgan fingerprint density at radius 3 is 2.87 bits per heavy atom. The third-order valence-electron chi connectivity index (χ3n) is 3.28. The molecule has 0 saturated heterocycles. The van der Waals surface area contributed by atoms with Gasteiger partial charge in [0.05, 0.1) is 5.69 Å². The van der Waals surface area contributed by atoms with Crippen molar-refractivity contribution in [1.82, 2.24) is 14.2 Å². The Morgan fingerprint density at radius 2 is 2.27 bits per heavy atom. The van der Waals surface area contributed by atoms with Crippen molar-refractivity contribution in [2.24, 2.45) is 7.05 Å². The van der Waals surface area contributed by atoms with Crippen LogP contribution < -0.4 is 0 Å². The van der Waals surface area contributed by atoms with Gasteiger partial charge in [0.15, 0.2) is 5.65 Å². The summed E-state index contributed by atoms with van der Waals surface area (Å²) in [5.41, 5.74) is 2.67. The molecular formula is C11H12N4. The Labute approximate surface area is 87.7 Å². The maximum Gasteiger partial charge on any atom is 0.153 e. The lowest BCUT2D eigenvalue weighted by Crippen LogP contribution is -2.10. The standard InChI is InChI=1S/C11H12N4/c1-14-5-6-15-11(14)9(7-12)10(13-15)8-3-2-4-8/h5-6,8H,2-4H2,1H3. The van der Waals surface area contributed by atoms with Gasteiger partial charge in [-0.25, -0.2) is 4.52 Å². The van der Waals surface area contributed by atoms with Crippen LogP contribution in [0.25, 0.3) is 5.65 Å². The highest BCUT2D eigenvalue weighted by molar-refractivity contribution is 5.59. The summed E-state index contributed by atoms with van der Waals surface area (Å²) in [5.74, 6) is 0.513. The van der Waals surface area contributed by atoms with Crippen LogP contribution in [0.1, 0.15) is 36.4 Å². The van der Waals surface area contributed by atoms with Gasteiger partial charge >= 0.3 is 0 Å². The molecule has 0 aromatic carbocycles. The molecule has 0 N–H and O–H groups in total. The first-order chi connectivity index (χ1) is 7.31. The summed E-state index contributed by atoms with van der Waals surface area (Å²) in [4.78, 5) is 0. The number of aryl methyl sites for hydroxylation is 1. The molecule has 1 aliphatic carbocycles. The second-order valence-electron chi connectivity index (χ2n) is 4.18. The molecule has 4 heteroatoms. The second kappa shape index (κ2) is 2.86. The molecule has 76 valence electrons. The first-order valence-corrected chi connectivity index (χ1v) is 5.25. The largest absolute Gasteiger partial charge is 0.333 e. The Bertz CT molecular complexity index is 551. The zero-order valence-corrected chi connectivity index (χ0v) is 8.64. The van der Waals surface area contributed by atoms with Gasteiger partial charge in [-0.2, -0.15) is 10.4 Å². The number of nitrogens with zero attached hydrogens (tertiary/aromatic N) is 4. The van der Waals surface area contributed by atoms with Crippen LogP contribution in [0.3, 0.4) is 0 Å². The van der Waals surface area contributed by atoms with E-state index in [9.17, 15) is 5.26 Å². The summed E-state index contributed by atoms with van der Waals surface area (Å²) in [6.07, 6.45) is 7.45. The number of aromatic nitrogens is 3. The van der Waals surface area contributed by atoms with Gasteiger partial charge in [-0.15, -0.1) is 0 Å². The van der Waals surface area contributed by atoms with Crippen molar-refractivity contribution in [3.8, 4) is 6.07 Å². The normalized spacial score (nSPS) is 16.5. The molecule has 0 atom stereocenters. The first kappa shape index (κ1) is 8.54. The molecule has 3 rings (SSSR count). The number of fused-ring (bicyclic) bond motifs is 1. The Kier molecular flexibility index (Phi) is 1.63. The van der Waals surface area contributed by atoms with Gasteiger partial charge in [0, 0.05) is 25.4 Å². The van der Waals surface area contributed by atoms with Crippen LogP contribution in [0.15, 0.2) is 12.4 Å². The van der Waals surface area contributed by atoms with Crippen LogP contribution >= 0.6 is 0 Å². The SMILES string of the molecule is Cn1ccn2nc(C3CCC3)c(C#N)c12. The Morgan fingerprint density at radius 1 is 1.47 bits per heavy atom. The van der Waals surface area contributed by atoms with E-state index in [-0.39, 0.29) is 0 Å². The predicted octanol–water partition coefficient (Wildman–Crippen LogP) is 1.81. The van der Waals surface area contributed by atoms with E-state index in [1.165, 1.54) is 19.3 Å². The fourth-order valence-corrected chi connectivity index (χ4v) is 2.19. The smallest absolute Gasteiger partial charge is 0.153 e. The molecule has 1 fully saturated rings. The molecular weight excluding hydrogens is 188 g/mol. The average molecular weight is 200 g/mol. The van der Waals surface area contributed by atoms with Crippen molar-refractivity contribution < 1.29 is 0 Å². The van der Waals surface area contributed by atoms with Gasteiger partial charge in [0.1, 0.15) is 11.6 Å². The van der Waals surface area contributed by atoms with E-state index < -0.39 is 0 Å².